The molecule has 0 aromatic rings. The number of fused-ring (bicyclic) bond motifs is 2. The average Bonchev–Trinajstić information content (AvgIpc) is 2.60. The van der Waals surface area contributed by atoms with Gasteiger partial charge in [-0.1, -0.05) is 6.42 Å². The van der Waals surface area contributed by atoms with Gasteiger partial charge in [-0.2, -0.15) is 0 Å². The van der Waals surface area contributed by atoms with Crippen LogP contribution >= 0.6 is 0 Å². The predicted octanol–water partition coefficient (Wildman–Crippen LogP) is 0.434. The summed E-state index contributed by atoms with van der Waals surface area (Å²) in [5, 5.41) is -0.779. The van der Waals surface area contributed by atoms with E-state index in [1.165, 1.54) is 0 Å². The molecule has 0 aromatic carbocycles. The topological polar surface area (TPSA) is 80.5 Å². The summed E-state index contributed by atoms with van der Waals surface area (Å²) in [6.45, 7) is 0. The molecule has 3 aliphatic rings. The lowest BCUT2D eigenvalue weighted by atomic mass is 9.97. The first-order valence-corrected chi connectivity index (χ1v) is 9.00. The van der Waals surface area contributed by atoms with Crippen LogP contribution in [0.3, 0.4) is 0 Å². The molecule has 6 heteroatoms. The van der Waals surface area contributed by atoms with Gasteiger partial charge in [-0.05, 0) is 38.5 Å². The molecule has 5 nitrogen and oxygen atoms in total. The van der Waals surface area contributed by atoms with Crippen molar-refractivity contribution >= 4 is 15.7 Å². The number of hydrogen-bond acceptors (Lipinski definition) is 4. The second-order valence-electron chi connectivity index (χ2n) is 6.21. The number of nitrogens with zero attached hydrogens (tertiary/aromatic N) is 1. The van der Waals surface area contributed by atoms with E-state index < -0.39 is 15.1 Å². The number of hydrogen-bond donors (Lipinski definition) is 1. The Balaban J connectivity index is 1.81. The highest BCUT2D eigenvalue weighted by molar-refractivity contribution is 7.92. The van der Waals surface area contributed by atoms with E-state index in [-0.39, 0.29) is 29.8 Å². The molecule has 3 unspecified atom stereocenters. The van der Waals surface area contributed by atoms with E-state index in [1.54, 1.807) is 0 Å². The third-order valence-electron chi connectivity index (χ3n) is 4.88. The Kier molecular flexibility index (Phi) is 3.33. The summed E-state index contributed by atoms with van der Waals surface area (Å²) in [7, 11) is -3.23. The van der Waals surface area contributed by atoms with Gasteiger partial charge in [0.1, 0.15) is 5.25 Å². The Bertz CT molecular complexity index is 462. The van der Waals surface area contributed by atoms with Crippen molar-refractivity contribution in [1.29, 1.82) is 0 Å². The van der Waals surface area contributed by atoms with Crippen molar-refractivity contribution < 1.29 is 13.2 Å². The molecular weight excluding hydrogens is 264 g/mol. The van der Waals surface area contributed by atoms with Gasteiger partial charge >= 0.3 is 0 Å². The fourth-order valence-electron chi connectivity index (χ4n) is 3.98. The summed E-state index contributed by atoms with van der Waals surface area (Å²) >= 11 is 0. The maximum atomic E-state index is 12.6. The highest BCUT2D eigenvalue weighted by atomic mass is 32.2. The second kappa shape index (κ2) is 4.74. The van der Waals surface area contributed by atoms with Gasteiger partial charge < -0.3 is 10.6 Å². The maximum Gasteiger partial charge on any atom is 0.241 e. The van der Waals surface area contributed by atoms with E-state index in [2.05, 4.69) is 0 Å². The van der Waals surface area contributed by atoms with E-state index >= 15 is 0 Å². The minimum Gasteiger partial charge on any atom is -0.335 e. The number of rotatable bonds is 1. The summed E-state index contributed by atoms with van der Waals surface area (Å²) in [5.41, 5.74) is 5.99. The van der Waals surface area contributed by atoms with E-state index in [9.17, 15) is 13.2 Å². The highest BCUT2D eigenvalue weighted by Crippen LogP contribution is 2.37. The van der Waals surface area contributed by atoms with E-state index in [0.29, 0.717) is 12.8 Å². The minimum absolute atomic E-state index is 0.140. The SMILES string of the molecule is NC1CC2CCC(C1)N2C(=O)C1CCCCS1(=O)=O. The fourth-order valence-corrected chi connectivity index (χ4v) is 5.82. The third kappa shape index (κ3) is 2.29. The third-order valence-corrected chi connectivity index (χ3v) is 7.04. The second-order valence-corrected chi connectivity index (χ2v) is 8.52. The first-order valence-electron chi connectivity index (χ1n) is 7.28. The van der Waals surface area contributed by atoms with Crippen LogP contribution in [0.25, 0.3) is 0 Å². The molecule has 108 valence electrons. The highest BCUT2D eigenvalue weighted by Gasteiger charge is 2.47. The average molecular weight is 286 g/mol. The van der Waals surface area contributed by atoms with Crippen molar-refractivity contribution in [3.05, 3.63) is 0 Å². The van der Waals surface area contributed by atoms with Crippen molar-refractivity contribution in [1.82, 2.24) is 4.90 Å². The zero-order chi connectivity index (χ0) is 13.6. The molecule has 0 radical (unpaired) electrons. The van der Waals surface area contributed by atoms with Gasteiger partial charge in [-0.3, -0.25) is 4.79 Å². The maximum absolute atomic E-state index is 12.6. The number of amides is 1. The number of carbonyl (C=O) groups is 1. The Labute approximate surface area is 114 Å². The summed E-state index contributed by atoms with van der Waals surface area (Å²) in [4.78, 5) is 14.5. The summed E-state index contributed by atoms with van der Waals surface area (Å²) in [6.07, 6.45) is 5.67. The Morgan fingerprint density at radius 2 is 1.68 bits per heavy atom. The lowest BCUT2D eigenvalue weighted by molar-refractivity contribution is -0.135. The molecule has 2 N–H and O–H groups in total. The van der Waals surface area contributed by atoms with Crippen molar-refractivity contribution in [3.8, 4) is 0 Å². The number of carbonyl (C=O) groups excluding carboxylic acids is 1. The van der Waals surface area contributed by atoms with Crippen molar-refractivity contribution in [3.63, 3.8) is 0 Å². The Hall–Kier alpha value is -0.620. The Morgan fingerprint density at radius 1 is 1.05 bits per heavy atom. The monoisotopic (exact) mass is 286 g/mol. The molecule has 3 aliphatic heterocycles. The zero-order valence-corrected chi connectivity index (χ0v) is 11.9. The van der Waals surface area contributed by atoms with Crippen LogP contribution in [0.1, 0.15) is 44.9 Å². The van der Waals surface area contributed by atoms with Gasteiger partial charge in [0.05, 0.1) is 5.75 Å². The van der Waals surface area contributed by atoms with E-state index in [4.69, 9.17) is 5.73 Å². The van der Waals surface area contributed by atoms with E-state index in [0.717, 1.165) is 32.1 Å². The molecule has 3 atom stereocenters. The van der Waals surface area contributed by atoms with Gasteiger partial charge in [0.15, 0.2) is 9.84 Å². The van der Waals surface area contributed by atoms with Crippen LogP contribution in [-0.2, 0) is 14.6 Å². The van der Waals surface area contributed by atoms with Crippen molar-refractivity contribution in [2.75, 3.05) is 5.75 Å². The standard InChI is InChI=1S/C13H22N2O3S/c14-9-7-10-4-5-11(8-9)15(10)13(16)12-3-1-2-6-19(12,17)18/h9-12H,1-8,14H2. The van der Waals surface area contributed by atoms with Gasteiger partial charge in [0, 0.05) is 18.1 Å². The van der Waals surface area contributed by atoms with Crippen LogP contribution < -0.4 is 5.73 Å². The van der Waals surface area contributed by atoms with Crippen molar-refractivity contribution in [2.45, 2.75) is 68.3 Å². The molecular formula is C13H22N2O3S. The molecule has 0 saturated carbocycles. The van der Waals surface area contributed by atoms with Gasteiger partial charge in [0.25, 0.3) is 0 Å². The zero-order valence-electron chi connectivity index (χ0n) is 11.1. The van der Waals surface area contributed by atoms with Crippen LogP contribution in [0.4, 0.5) is 0 Å². The normalized spacial score (nSPS) is 41.2. The molecule has 3 fully saturated rings. The molecule has 3 saturated heterocycles. The molecule has 0 aliphatic carbocycles. The smallest absolute Gasteiger partial charge is 0.241 e. The first kappa shape index (κ1) is 13.4. The van der Waals surface area contributed by atoms with Crippen LogP contribution in [0.2, 0.25) is 0 Å². The summed E-state index contributed by atoms with van der Waals surface area (Å²) in [5.74, 6) is 0.0330. The molecule has 3 heterocycles. The molecule has 19 heavy (non-hydrogen) atoms. The number of nitrogens with two attached hydrogens (primary N) is 1. The van der Waals surface area contributed by atoms with E-state index in [1.807, 2.05) is 4.90 Å². The molecule has 2 bridgehead atoms. The molecule has 1 amide bonds. The molecule has 0 aromatic heterocycles. The summed E-state index contributed by atoms with van der Waals surface area (Å²) < 4.78 is 24.2. The van der Waals surface area contributed by atoms with Gasteiger partial charge in [0.2, 0.25) is 5.91 Å². The lowest BCUT2D eigenvalue weighted by Crippen LogP contribution is -2.55. The predicted molar refractivity (Wildman–Crippen MR) is 72.3 cm³/mol. The van der Waals surface area contributed by atoms with Crippen LogP contribution in [0, 0.1) is 0 Å². The minimum atomic E-state index is -3.23. The first-order chi connectivity index (χ1) is 8.99. The molecule has 3 rings (SSSR count). The van der Waals surface area contributed by atoms with Crippen LogP contribution in [0.5, 0.6) is 0 Å². The lowest BCUT2D eigenvalue weighted by Gasteiger charge is -2.40. The summed E-state index contributed by atoms with van der Waals surface area (Å²) in [6, 6.07) is 0.529. The number of sulfone groups is 1. The largest absolute Gasteiger partial charge is 0.335 e. The van der Waals surface area contributed by atoms with Crippen LogP contribution in [-0.4, -0.2) is 48.4 Å². The van der Waals surface area contributed by atoms with Gasteiger partial charge in [-0.15, -0.1) is 0 Å². The number of piperidine rings is 1. The quantitative estimate of drug-likeness (QED) is 0.758. The van der Waals surface area contributed by atoms with Crippen molar-refractivity contribution in [2.24, 2.45) is 5.73 Å². The van der Waals surface area contributed by atoms with Crippen LogP contribution in [0.15, 0.2) is 0 Å². The molecule has 0 spiro atoms. The Morgan fingerprint density at radius 3 is 2.26 bits per heavy atom. The van der Waals surface area contributed by atoms with Gasteiger partial charge in [-0.25, -0.2) is 8.42 Å². The fraction of sp³-hybridized carbons (Fsp3) is 0.923.